The normalized spacial score (nSPS) is 26.6. The third-order valence-corrected chi connectivity index (χ3v) is 3.94. The molecule has 1 saturated heterocycles. The molecule has 4 nitrogen and oxygen atoms in total. The summed E-state index contributed by atoms with van der Waals surface area (Å²) >= 11 is 0. The van der Waals surface area contributed by atoms with Crippen LogP contribution in [0.1, 0.15) is 54.9 Å². The van der Waals surface area contributed by atoms with Crippen LogP contribution in [0.15, 0.2) is 0 Å². The van der Waals surface area contributed by atoms with Crippen LogP contribution in [0.5, 0.6) is 0 Å². The molecule has 1 fully saturated rings. The number of hydrogen-bond acceptors (Lipinski definition) is 4. The first-order chi connectivity index (χ1) is 9.04. The Bertz CT molecular complexity index is 332. The molecule has 1 heterocycles. The van der Waals surface area contributed by atoms with Gasteiger partial charge in [0.25, 0.3) is 0 Å². The van der Waals surface area contributed by atoms with E-state index in [-0.39, 0.29) is 36.3 Å². The number of hydrogen-bond donors (Lipinski definition) is 0. The lowest BCUT2D eigenvalue weighted by Gasteiger charge is -2.37. The van der Waals surface area contributed by atoms with Gasteiger partial charge in [-0.3, -0.25) is 4.79 Å². The number of carbonyl (C=O) groups excluding carboxylic acids is 1. The number of ether oxygens (including phenoxy) is 3. The molecule has 0 N–H and O–H groups in total. The molecule has 0 bridgehead atoms. The maximum Gasteiger partial charge on any atom is 0.312 e. The molecule has 0 spiro atoms. The number of rotatable bonds is 5. The van der Waals surface area contributed by atoms with E-state index in [1.807, 2.05) is 13.8 Å². The summed E-state index contributed by atoms with van der Waals surface area (Å²) in [6, 6.07) is 0. The second-order valence-electron chi connectivity index (χ2n) is 7.57. The van der Waals surface area contributed by atoms with Crippen LogP contribution in [0.2, 0.25) is 0 Å². The molecule has 20 heavy (non-hydrogen) atoms. The third-order valence-electron chi connectivity index (χ3n) is 3.94. The van der Waals surface area contributed by atoms with Crippen molar-refractivity contribution in [2.75, 3.05) is 13.2 Å². The van der Waals surface area contributed by atoms with Crippen LogP contribution in [-0.4, -0.2) is 31.6 Å². The Balaban J connectivity index is 2.60. The lowest BCUT2D eigenvalue weighted by molar-refractivity contribution is -0.163. The molecule has 0 aromatic heterocycles. The summed E-state index contributed by atoms with van der Waals surface area (Å²) in [5.74, 6) is 0.0967. The minimum atomic E-state index is -0.469. The van der Waals surface area contributed by atoms with E-state index in [4.69, 9.17) is 14.2 Å². The number of esters is 1. The molecule has 1 aliphatic heterocycles. The zero-order valence-corrected chi connectivity index (χ0v) is 14.0. The molecule has 0 saturated carbocycles. The Labute approximate surface area is 123 Å². The van der Waals surface area contributed by atoms with E-state index in [1.54, 1.807) is 0 Å². The van der Waals surface area contributed by atoms with E-state index >= 15 is 0 Å². The summed E-state index contributed by atoms with van der Waals surface area (Å²) in [5, 5.41) is 0. The fourth-order valence-corrected chi connectivity index (χ4v) is 2.63. The van der Waals surface area contributed by atoms with Crippen molar-refractivity contribution < 1.29 is 19.0 Å². The van der Waals surface area contributed by atoms with E-state index < -0.39 is 5.41 Å². The van der Waals surface area contributed by atoms with Crippen LogP contribution in [0.25, 0.3) is 0 Å². The first-order valence-electron chi connectivity index (χ1n) is 7.49. The second-order valence-corrected chi connectivity index (χ2v) is 7.57. The maximum atomic E-state index is 12.5. The number of carbonyl (C=O) groups is 1. The molecule has 0 amide bonds. The lowest BCUT2D eigenvalue weighted by atomic mass is 9.69. The Morgan fingerprint density at radius 3 is 2.30 bits per heavy atom. The summed E-state index contributed by atoms with van der Waals surface area (Å²) in [4.78, 5) is 12.5. The minimum Gasteiger partial charge on any atom is -0.462 e. The van der Waals surface area contributed by atoms with Gasteiger partial charge in [0, 0.05) is 0 Å². The Morgan fingerprint density at radius 2 is 1.90 bits per heavy atom. The van der Waals surface area contributed by atoms with E-state index in [0.717, 1.165) is 6.42 Å². The molecular formula is C16H30O4. The van der Waals surface area contributed by atoms with Crippen LogP contribution in [-0.2, 0) is 19.0 Å². The first kappa shape index (κ1) is 17.4. The monoisotopic (exact) mass is 286 g/mol. The predicted octanol–water partition coefficient (Wildman–Crippen LogP) is 3.39. The Kier molecular flexibility index (Phi) is 5.61. The van der Waals surface area contributed by atoms with Gasteiger partial charge in [0.15, 0.2) is 6.29 Å². The van der Waals surface area contributed by atoms with Crippen molar-refractivity contribution >= 4 is 5.97 Å². The standard InChI is InChI=1S/C16H30O4/c1-11(2)16(7,10-15(4,5)6)14(17)19-9-13-8-18-12(3)20-13/h11-13H,8-10H2,1-7H3. The van der Waals surface area contributed by atoms with E-state index in [1.165, 1.54) is 0 Å². The molecule has 1 rings (SSSR count). The van der Waals surface area contributed by atoms with Gasteiger partial charge >= 0.3 is 5.97 Å². The predicted molar refractivity (Wildman–Crippen MR) is 78.3 cm³/mol. The Hall–Kier alpha value is -0.610. The third kappa shape index (κ3) is 4.74. The van der Waals surface area contributed by atoms with Crippen molar-refractivity contribution in [3.05, 3.63) is 0 Å². The molecular weight excluding hydrogens is 256 g/mol. The lowest BCUT2D eigenvalue weighted by Crippen LogP contribution is -2.39. The molecule has 0 radical (unpaired) electrons. The van der Waals surface area contributed by atoms with Crippen molar-refractivity contribution in [3.63, 3.8) is 0 Å². The topological polar surface area (TPSA) is 44.8 Å². The van der Waals surface area contributed by atoms with Gasteiger partial charge in [-0.25, -0.2) is 0 Å². The summed E-state index contributed by atoms with van der Waals surface area (Å²) in [6.45, 7) is 15.2. The van der Waals surface area contributed by atoms with Crippen molar-refractivity contribution in [1.29, 1.82) is 0 Å². The second kappa shape index (κ2) is 6.44. The summed E-state index contributed by atoms with van der Waals surface area (Å²) in [5.41, 5.74) is -0.386. The summed E-state index contributed by atoms with van der Waals surface area (Å²) in [6.07, 6.45) is 0.458. The van der Waals surface area contributed by atoms with Crippen molar-refractivity contribution in [3.8, 4) is 0 Å². The maximum absolute atomic E-state index is 12.5. The molecule has 0 aromatic carbocycles. The van der Waals surface area contributed by atoms with E-state index in [9.17, 15) is 4.79 Å². The largest absolute Gasteiger partial charge is 0.462 e. The smallest absolute Gasteiger partial charge is 0.312 e. The van der Waals surface area contributed by atoms with Crippen molar-refractivity contribution in [1.82, 2.24) is 0 Å². The molecule has 1 aliphatic rings. The van der Waals surface area contributed by atoms with Gasteiger partial charge in [0.2, 0.25) is 0 Å². The zero-order valence-electron chi connectivity index (χ0n) is 14.0. The molecule has 118 valence electrons. The summed E-state index contributed by atoms with van der Waals surface area (Å²) in [7, 11) is 0. The first-order valence-corrected chi connectivity index (χ1v) is 7.49. The van der Waals surface area contributed by atoms with Gasteiger partial charge in [0.05, 0.1) is 12.0 Å². The molecule has 0 aliphatic carbocycles. The zero-order chi connectivity index (χ0) is 15.6. The molecule has 3 atom stereocenters. The van der Waals surface area contributed by atoms with Crippen molar-refractivity contribution in [2.24, 2.45) is 16.7 Å². The summed E-state index contributed by atoms with van der Waals surface area (Å²) < 4.78 is 16.3. The highest BCUT2D eigenvalue weighted by Crippen LogP contribution is 2.40. The van der Waals surface area contributed by atoms with Crippen LogP contribution in [0.4, 0.5) is 0 Å². The van der Waals surface area contributed by atoms with E-state index in [0.29, 0.717) is 6.61 Å². The molecule has 4 heteroatoms. The highest BCUT2D eigenvalue weighted by atomic mass is 16.7. The van der Waals surface area contributed by atoms with Crippen LogP contribution < -0.4 is 0 Å². The molecule has 0 aromatic rings. The highest BCUT2D eigenvalue weighted by Gasteiger charge is 2.41. The van der Waals surface area contributed by atoms with Gasteiger partial charge in [-0.1, -0.05) is 34.6 Å². The van der Waals surface area contributed by atoms with Gasteiger partial charge in [-0.2, -0.15) is 0 Å². The minimum absolute atomic E-state index is 0.0829. The van der Waals surface area contributed by atoms with Gasteiger partial charge in [0.1, 0.15) is 12.7 Å². The fraction of sp³-hybridized carbons (Fsp3) is 0.938. The average Bonchev–Trinajstić information content (AvgIpc) is 2.69. The highest BCUT2D eigenvalue weighted by molar-refractivity contribution is 5.76. The van der Waals surface area contributed by atoms with Crippen molar-refractivity contribution in [2.45, 2.75) is 67.3 Å². The van der Waals surface area contributed by atoms with Gasteiger partial charge in [-0.15, -0.1) is 0 Å². The van der Waals surface area contributed by atoms with E-state index in [2.05, 4.69) is 34.6 Å². The fourth-order valence-electron chi connectivity index (χ4n) is 2.63. The van der Waals surface area contributed by atoms with Crippen LogP contribution in [0.3, 0.4) is 0 Å². The van der Waals surface area contributed by atoms with Crippen LogP contribution in [0, 0.1) is 16.7 Å². The molecule has 3 unspecified atom stereocenters. The Morgan fingerprint density at radius 1 is 1.30 bits per heavy atom. The quantitative estimate of drug-likeness (QED) is 0.727. The average molecular weight is 286 g/mol. The van der Waals surface area contributed by atoms with Gasteiger partial charge in [-0.05, 0) is 31.6 Å². The SMILES string of the molecule is CC1OCC(COC(=O)C(C)(CC(C)(C)C)C(C)C)O1. The van der Waals surface area contributed by atoms with Crippen LogP contribution >= 0.6 is 0 Å². The van der Waals surface area contributed by atoms with Gasteiger partial charge < -0.3 is 14.2 Å².